The van der Waals surface area contributed by atoms with Gasteiger partial charge in [0.05, 0.1) is 11.5 Å². The number of nitrogens with one attached hydrogen (secondary N) is 1. The maximum Gasteiger partial charge on any atom is 0.255 e. The summed E-state index contributed by atoms with van der Waals surface area (Å²) < 4.78 is 31.9. The summed E-state index contributed by atoms with van der Waals surface area (Å²) in [7, 11) is -3.50. The van der Waals surface area contributed by atoms with E-state index >= 15 is 0 Å². The Balaban J connectivity index is 2.06. The topological polar surface area (TPSA) is 75.7 Å². The van der Waals surface area contributed by atoms with Gasteiger partial charge in [0.25, 0.3) is 5.91 Å². The van der Waals surface area contributed by atoms with E-state index in [1.165, 1.54) is 16.4 Å². The molecule has 0 heterocycles. The van der Waals surface area contributed by atoms with Crippen molar-refractivity contribution in [1.82, 2.24) is 4.31 Å². The number of sulfonamides is 1. The van der Waals surface area contributed by atoms with Crippen LogP contribution in [0.3, 0.4) is 0 Å². The Morgan fingerprint density at radius 1 is 0.963 bits per heavy atom. The molecule has 146 valence electrons. The molecule has 2 rings (SSSR count). The number of hydrogen-bond acceptors (Lipinski definition) is 4. The van der Waals surface area contributed by atoms with Crippen LogP contribution in [0.5, 0.6) is 5.75 Å². The van der Waals surface area contributed by atoms with Crippen LogP contribution in [0, 0.1) is 0 Å². The second-order valence-electron chi connectivity index (χ2n) is 5.94. The van der Waals surface area contributed by atoms with E-state index in [-0.39, 0.29) is 10.8 Å². The number of benzene rings is 2. The van der Waals surface area contributed by atoms with Gasteiger partial charge in [0.1, 0.15) is 5.75 Å². The molecular formula is C20H26N2O4S. The molecule has 0 aliphatic rings. The summed E-state index contributed by atoms with van der Waals surface area (Å²) in [6, 6.07) is 13.1. The van der Waals surface area contributed by atoms with Gasteiger partial charge in [-0.05, 0) is 55.0 Å². The minimum absolute atomic E-state index is 0.210. The molecule has 27 heavy (non-hydrogen) atoms. The third-order valence-corrected chi connectivity index (χ3v) is 6.11. The smallest absolute Gasteiger partial charge is 0.255 e. The fourth-order valence-electron chi connectivity index (χ4n) is 2.55. The van der Waals surface area contributed by atoms with E-state index < -0.39 is 10.0 Å². The van der Waals surface area contributed by atoms with Crippen molar-refractivity contribution in [2.24, 2.45) is 0 Å². The molecule has 1 amide bonds. The molecule has 0 radical (unpaired) electrons. The highest BCUT2D eigenvalue weighted by Gasteiger charge is 2.21. The molecule has 0 saturated heterocycles. The first-order chi connectivity index (χ1) is 12.9. The van der Waals surface area contributed by atoms with Crippen LogP contribution in [0.15, 0.2) is 53.4 Å². The Bertz CT molecular complexity index is 843. The van der Waals surface area contributed by atoms with Gasteiger partial charge in [0, 0.05) is 24.3 Å². The number of hydrogen-bond donors (Lipinski definition) is 1. The van der Waals surface area contributed by atoms with Gasteiger partial charge >= 0.3 is 0 Å². The van der Waals surface area contributed by atoms with Crippen LogP contribution in [-0.2, 0) is 10.0 Å². The quantitative estimate of drug-likeness (QED) is 0.707. The summed E-state index contributed by atoms with van der Waals surface area (Å²) in [6.07, 6.45) is 0.919. The van der Waals surface area contributed by atoms with Crippen molar-refractivity contribution in [3.63, 3.8) is 0 Å². The van der Waals surface area contributed by atoms with E-state index in [0.29, 0.717) is 30.9 Å². The third-order valence-electron chi connectivity index (χ3n) is 4.04. The lowest BCUT2D eigenvalue weighted by molar-refractivity contribution is 0.102. The summed E-state index contributed by atoms with van der Waals surface area (Å²) in [4.78, 5) is 12.6. The van der Waals surface area contributed by atoms with E-state index in [4.69, 9.17) is 4.74 Å². The van der Waals surface area contributed by atoms with E-state index in [1.807, 2.05) is 6.92 Å². The highest BCUT2D eigenvalue weighted by molar-refractivity contribution is 7.89. The van der Waals surface area contributed by atoms with Crippen molar-refractivity contribution in [3.05, 3.63) is 54.1 Å². The van der Waals surface area contributed by atoms with Crippen molar-refractivity contribution in [1.29, 1.82) is 0 Å². The van der Waals surface area contributed by atoms with Gasteiger partial charge in [-0.25, -0.2) is 8.42 Å². The summed E-state index contributed by atoms with van der Waals surface area (Å²) in [5, 5.41) is 2.77. The second-order valence-corrected chi connectivity index (χ2v) is 7.88. The SMILES string of the molecule is CCCOc1ccc(C(=O)Nc2ccc(S(=O)(=O)N(CC)CC)cc2)cc1. The summed E-state index contributed by atoms with van der Waals surface area (Å²) >= 11 is 0. The predicted molar refractivity (Wildman–Crippen MR) is 107 cm³/mol. The number of ether oxygens (including phenoxy) is 1. The Morgan fingerprint density at radius 2 is 1.56 bits per heavy atom. The number of anilines is 1. The molecule has 2 aromatic rings. The van der Waals surface area contributed by atoms with Crippen molar-refractivity contribution in [2.45, 2.75) is 32.1 Å². The Labute approximate surface area is 161 Å². The van der Waals surface area contributed by atoms with Crippen molar-refractivity contribution in [3.8, 4) is 5.75 Å². The summed E-state index contributed by atoms with van der Waals surface area (Å²) in [5.74, 6) is 0.454. The van der Waals surface area contributed by atoms with Crippen LogP contribution >= 0.6 is 0 Å². The van der Waals surface area contributed by atoms with Crippen molar-refractivity contribution in [2.75, 3.05) is 25.0 Å². The van der Waals surface area contributed by atoms with Crippen molar-refractivity contribution < 1.29 is 17.9 Å². The Morgan fingerprint density at radius 3 is 2.07 bits per heavy atom. The van der Waals surface area contributed by atoms with Crippen LogP contribution in [0.4, 0.5) is 5.69 Å². The van der Waals surface area contributed by atoms with Gasteiger partial charge in [-0.15, -0.1) is 0 Å². The molecule has 0 bridgehead atoms. The number of amides is 1. The number of carbonyl (C=O) groups is 1. The molecule has 0 unspecified atom stereocenters. The number of rotatable bonds is 9. The largest absolute Gasteiger partial charge is 0.494 e. The molecule has 0 aliphatic heterocycles. The van der Waals surface area contributed by atoms with Gasteiger partial charge in [-0.2, -0.15) is 4.31 Å². The average molecular weight is 391 g/mol. The first-order valence-corrected chi connectivity index (χ1v) is 10.5. The highest BCUT2D eigenvalue weighted by Crippen LogP contribution is 2.19. The first kappa shape index (κ1) is 20.9. The number of nitrogens with zero attached hydrogens (tertiary/aromatic N) is 1. The molecule has 0 aliphatic carbocycles. The van der Waals surface area contributed by atoms with Crippen molar-refractivity contribution >= 4 is 21.6 Å². The molecule has 0 atom stereocenters. The highest BCUT2D eigenvalue weighted by atomic mass is 32.2. The minimum Gasteiger partial charge on any atom is -0.494 e. The lowest BCUT2D eigenvalue weighted by atomic mass is 10.2. The lowest BCUT2D eigenvalue weighted by Gasteiger charge is -2.18. The maximum atomic E-state index is 12.5. The zero-order valence-corrected chi connectivity index (χ0v) is 16.8. The Kier molecular flexibility index (Phi) is 7.38. The minimum atomic E-state index is -3.50. The molecule has 0 aromatic heterocycles. The monoisotopic (exact) mass is 390 g/mol. The summed E-state index contributed by atoms with van der Waals surface area (Å²) in [5.41, 5.74) is 1.03. The zero-order chi connectivity index (χ0) is 19.9. The molecule has 1 N–H and O–H groups in total. The van der Waals surface area contributed by atoms with Crippen LogP contribution in [0.2, 0.25) is 0 Å². The maximum absolute atomic E-state index is 12.5. The Hall–Kier alpha value is -2.38. The standard InChI is InChI=1S/C20H26N2O4S/c1-4-15-26-18-11-7-16(8-12-18)20(23)21-17-9-13-19(14-10-17)27(24,25)22(5-2)6-3/h7-14H,4-6,15H2,1-3H3,(H,21,23). The molecule has 2 aromatic carbocycles. The fraction of sp³-hybridized carbons (Fsp3) is 0.350. The number of carbonyl (C=O) groups excluding carboxylic acids is 1. The zero-order valence-electron chi connectivity index (χ0n) is 15.9. The normalized spacial score (nSPS) is 11.4. The predicted octanol–water partition coefficient (Wildman–Crippen LogP) is 3.76. The van der Waals surface area contributed by atoms with Gasteiger partial charge in [0.15, 0.2) is 0 Å². The second kappa shape index (κ2) is 9.53. The van der Waals surface area contributed by atoms with Gasteiger partial charge in [-0.3, -0.25) is 4.79 Å². The summed E-state index contributed by atoms with van der Waals surface area (Å²) in [6.45, 7) is 7.08. The van der Waals surface area contributed by atoms with E-state index in [0.717, 1.165) is 12.2 Å². The van der Waals surface area contributed by atoms with E-state index in [9.17, 15) is 13.2 Å². The fourth-order valence-corrected chi connectivity index (χ4v) is 4.01. The van der Waals surface area contributed by atoms with Gasteiger partial charge in [0.2, 0.25) is 10.0 Å². The molecule has 7 heteroatoms. The molecule has 0 spiro atoms. The molecule has 6 nitrogen and oxygen atoms in total. The van der Waals surface area contributed by atoms with E-state index in [2.05, 4.69) is 5.32 Å². The first-order valence-electron chi connectivity index (χ1n) is 9.06. The third kappa shape index (κ3) is 5.30. The molecule has 0 saturated carbocycles. The van der Waals surface area contributed by atoms with Crippen LogP contribution < -0.4 is 10.1 Å². The van der Waals surface area contributed by atoms with Crippen LogP contribution in [-0.4, -0.2) is 38.3 Å². The average Bonchev–Trinajstić information content (AvgIpc) is 2.68. The molecular weight excluding hydrogens is 364 g/mol. The lowest BCUT2D eigenvalue weighted by Crippen LogP contribution is -2.30. The van der Waals surface area contributed by atoms with E-state index in [1.54, 1.807) is 50.2 Å². The van der Waals surface area contributed by atoms with Gasteiger partial charge < -0.3 is 10.1 Å². The van der Waals surface area contributed by atoms with Crippen LogP contribution in [0.25, 0.3) is 0 Å². The van der Waals surface area contributed by atoms with Gasteiger partial charge in [-0.1, -0.05) is 20.8 Å². The molecule has 0 fully saturated rings. The van der Waals surface area contributed by atoms with Crippen LogP contribution in [0.1, 0.15) is 37.6 Å².